The van der Waals surface area contributed by atoms with Gasteiger partial charge >= 0.3 is 10.3 Å². The van der Waals surface area contributed by atoms with E-state index >= 15 is 0 Å². The van der Waals surface area contributed by atoms with Crippen LogP contribution in [0.3, 0.4) is 0 Å². The molecule has 0 heterocycles. The zero-order valence-electron chi connectivity index (χ0n) is 18.6. The zero-order chi connectivity index (χ0) is 22.6. The maximum atomic E-state index is 12.8. The number of aliphatic hydroxyl groups is 1. The van der Waals surface area contributed by atoms with E-state index in [0.717, 1.165) is 49.7 Å². The van der Waals surface area contributed by atoms with Crippen LogP contribution in [0.5, 0.6) is 11.5 Å². The van der Waals surface area contributed by atoms with Crippen molar-refractivity contribution in [3.05, 3.63) is 22.8 Å². The lowest BCUT2D eigenvalue weighted by atomic mass is 9.55. The van der Waals surface area contributed by atoms with Gasteiger partial charge in [-0.3, -0.25) is 0 Å². The predicted octanol–water partition coefficient (Wildman–Crippen LogP) is 3.56. The molecule has 1 aromatic carbocycles. The highest BCUT2D eigenvalue weighted by molar-refractivity contribution is 7.84. The molecule has 0 aromatic heterocycles. The first-order chi connectivity index (χ1) is 14.7. The Labute approximate surface area is 185 Å². The number of rotatable bonds is 5. The lowest BCUT2D eigenvalue weighted by Gasteiger charge is -2.50. The van der Waals surface area contributed by atoms with Crippen LogP contribution in [0.2, 0.25) is 0 Å². The third kappa shape index (κ3) is 3.44. The third-order valence-corrected chi connectivity index (χ3v) is 9.77. The number of phenols is 1. The lowest BCUT2D eigenvalue weighted by Crippen LogP contribution is -2.44. The van der Waals surface area contributed by atoms with Crippen molar-refractivity contribution in [3.8, 4) is 23.8 Å². The molecule has 6 nitrogen and oxygen atoms in total. The van der Waals surface area contributed by atoms with Gasteiger partial charge in [0, 0.05) is 13.1 Å². The van der Waals surface area contributed by atoms with Crippen LogP contribution < -0.4 is 4.18 Å². The van der Waals surface area contributed by atoms with Crippen molar-refractivity contribution in [3.63, 3.8) is 0 Å². The summed E-state index contributed by atoms with van der Waals surface area (Å²) in [4.78, 5) is 0. The molecule has 2 fully saturated rings. The first-order valence-corrected chi connectivity index (χ1v) is 12.8. The van der Waals surface area contributed by atoms with Gasteiger partial charge in [-0.15, -0.1) is 6.42 Å². The molecule has 0 unspecified atom stereocenters. The molecular weight excluding hydrogens is 414 g/mol. The molecule has 4 rings (SSSR count). The number of fused-ring (bicyclic) bond motifs is 5. The number of hydrogen-bond donors (Lipinski definition) is 2. The molecule has 2 N–H and O–H groups in total. The molecule has 5 atom stereocenters. The van der Waals surface area contributed by atoms with Crippen LogP contribution in [0.4, 0.5) is 0 Å². The largest absolute Gasteiger partial charge is 0.504 e. The normalized spacial score (nSPS) is 32.1. The molecule has 7 heteroatoms. The van der Waals surface area contributed by atoms with Crippen molar-refractivity contribution in [2.45, 2.75) is 71.3 Å². The van der Waals surface area contributed by atoms with E-state index in [-0.39, 0.29) is 42.0 Å². The molecule has 0 aliphatic heterocycles. The topological polar surface area (TPSA) is 87.1 Å². The summed E-state index contributed by atoms with van der Waals surface area (Å²) < 4.78 is 32.1. The SMILES string of the molecule is C#Cc1c(OS(=O)(=O)N(CC)CC)c(O)cc2c1[C@H]1CC[C@]3(C)[C@@H](O)CC[C@H]3[C@@H]1CC2. The van der Waals surface area contributed by atoms with E-state index < -0.39 is 10.3 Å². The highest BCUT2D eigenvalue weighted by atomic mass is 32.2. The van der Waals surface area contributed by atoms with E-state index in [1.165, 1.54) is 4.31 Å². The van der Waals surface area contributed by atoms with Gasteiger partial charge in [0.15, 0.2) is 5.75 Å². The molecule has 31 heavy (non-hydrogen) atoms. The summed E-state index contributed by atoms with van der Waals surface area (Å²) in [5.74, 6) is 3.32. The zero-order valence-corrected chi connectivity index (χ0v) is 19.4. The minimum Gasteiger partial charge on any atom is -0.504 e. The molecule has 0 amide bonds. The van der Waals surface area contributed by atoms with Crippen LogP contribution in [0.1, 0.15) is 75.5 Å². The second-order valence-corrected chi connectivity index (χ2v) is 11.0. The molecule has 3 aliphatic carbocycles. The molecule has 2 saturated carbocycles. The van der Waals surface area contributed by atoms with Crippen molar-refractivity contribution in [1.82, 2.24) is 4.31 Å². The molecular formula is C24H33NO5S. The Balaban J connectivity index is 1.77. The lowest BCUT2D eigenvalue weighted by molar-refractivity contribution is -0.0226. The first-order valence-electron chi connectivity index (χ1n) is 11.4. The quantitative estimate of drug-likeness (QED) is 0.674. The van der Waals surface area contributed by atoms with Crippen LogP contribution >= 0.6 is 0 Å². The smallest absolute Gasteiger partial charge is 0.385 e. The second kappa shape index (κ2) is 7.99. The molecule has 0 spiro atoms. The summed E-state index contributed by atoms with van der Waals surface area (Å²) in [6.45, 7) is 6.22. The van der Waals surface area contributed by atoms with Gasteiger partial charge in [-0.2, -0.15) is 12.7 Å². The van der Waals surface area contributed by atoms with Crippen LogP contribution in [-0.4, -0.2) is 42.1 Å². The van der Waals surface area contributed by atoms with Gasteiger partial charge in [-0.05, 0) is 78.9 Å². The van der Waals surface area contributed by atoms with Gasteiger partial charge in [-0.25, -0.2) is 0 Å². The van der Waals surface area contributed by atoms with E-state index in [2.05, 4.69) is 12.8 Å². The van der Waals surface area contributed by atoms with Gasteiger partial charge in [0.25, 0.3) is 0 Å². The maximum Gasteiger partial charge on any atom is 0.385 e. The van der Waals surface area contributed by atoms with Crippen LogP contribution in [0, 0.1) is 29.6 Å². The minimum absolute atomic E-state index is 0.0582. The molecule has 0 saturated heterocycles. The number of benzene rings is 1. The van der Waals surface area contributed by atoms with Gasteiger partial charge in [-0.1, -0.05) is 26.7 Å². The number of aryl methyl sites for hydroxylation is 1. The summed E-state index contributed by atoms with van der Waals surface area (Å²) in [6, 6.07) is 1.64. The maximum absolute atomic E-state index is 12.8. The average molecular weight is 448 g/mol. The van der Waals surface area contributed by atoms with Crippen LogP contribution in [-0.2, 0) is 16.7 Å². The Morgan fingerprint density at radius 3 is 2.61 bits per heavy atom. The molecule has 170 valence electrons. The van der Waals surface area contributed by atoms with Gasteiger partial charge < -0.3 is 14.4 Å². The number of phenolic OH excluding ortho intramolecular Hbond substituents is 1. The van der Waals surface area contributed by atoms with E-state index in [0.29, 0.717) is 17.4 Å². The highest BCUT2D eigenvalue weighted by Gasteiger charge is 2.55. The first kappa shape index (κ1) is 22.4. The fourth-order valence-corrected chi connectivity index (χ4v) is 7.74. The number of terminal acetylenes is 1. The van der Waals surface area contributed by atoms with E-state index in [4.69, 9.17) is 10.6 Å². The highest BCUT2D eigenvalue weighted by Crippen LogP contribution is 2.62. The summed E-state index contributed by atoms with van der Waals surface area (Å²) in [5, 5.41) is 21.3. The Morgan fingerprint density at radius 1 is 1.26 bits per heavy atom. The summed E-state index contributed by atoms with van der Waals surface area (Å²) in [5.41, 5.74) is 2.26. The minimum atomic E-state index is -4.07. The van der Waals surface area contributed by atoms with Gasteiger partial charge in [0.1, 0.15) is 0 Å². The number of aromatic hydroxyl groups is 1. The fraction of sp³-hybridized carbons (Fsp3) is 0.667. The van der Waals surface area contributed by atoms with Crippen molar-refractivity contribution < 1.29 is 22.8 Å². The van der Waals surface area contributed by atoms with Gasteiger partial charge in [0.05, 0.1) is 11.7 Å². The van der Waals surface area contributed by atoms with E-state index in [1.54, 1.807) is 19.9 Å². The van der Waals surface area contributed by atoms with Crippen LogP contribution in [0.25, 0.3) is 0 Å². The number of nitrogens with zero attached hydrogens (tertiary/aromatic N) is 1. The number of aliphatic hydroxyl groups excluding tert-OH is 1. The Hall–Kier alpha value is -1.75. The van der Waals surface area contributed by atoms with Crippen LogP contribution in [0.15, 0.2) is 6.07 Å². The Kier molecular flexibility index (Phi) is 5.78. The third-order valence-electron chi connectivity index (χ3n) is 8.25. The second-order valence-electron chi connectivity index (χ2n) is 9.50. The average Bonchev–Trinajstić information content (AvgIpc) is 3.03. The van der Waals surface area contributed by atoms with Crippen molar-refractivity contribution in [2.75, 3.05) is 13.1 Å². The summed E-state index contributed by atoms with van der Waals surface area (Å²) >= 11 is 0. The molecule has 1 aromatic rings. The summed E-state index contributed by atoms with van der Waals surface area (Å²) in [6.07, 6.45) is 11.1. The molecule has 3 aliphatic rings. The standard InChI is InChI=1S/C24H33NO5S/c1-5-16-22-15(14-20(26)23(16)30-31(28,29)25(6-2)7-3)8-9-17-18(22)12-13-24(4)19(17)10-11-21(24)27/h1,14,17-19,21,26-27H,6-13H2,2-4H3/t17-,18+,19+,21+,24+/m1/s1. The molecule has 0 bridgehead atoms. The Morgan fingerprint density at radius 2 is 1.97 bits per heavy atom. The van der Waals surface area contributed by atoms with Crippen molar-refractivity contribution in [1.29, 1.82) is 0 Å². The van der Waals surface area contributed by atoms with Crippen molar-refractivity contribution in [2.24, 2.45) is 17.3 Å². The van der Waals surface area contributed by atoms with E-state index in [9.17, 15) is 18.6 Å². The monoisotopic (exact) mass is 447 g/mol. The summed E-state index contributed by atoms with van der Waals surface area (Å²) in [7, 11) is -4.07. The van der Waals surface area contributed by atoms with Crippen molar-refractivity contribution >= 4 is 10.3 Å². The van der Waals surface area contributed by atoms with Gasteiger partial charge in [0.2, 0.25) is 5.75 Å². The predicted molar refractivity (Wildman–Crippen MR) is 119 cm³/mol. The number of hydrogen-bond acceptors (Lipinski definition) is 5. The molecule has 0 radical (unpaired) electrons. The fourth-order valence-electron chi connectivity index (χ4n) is 6.62. The Bertz CT molecular complexity index is 1010. The van der Waals surface area contributed by atoms with E-state index in [1.807, 2.05) is 0 Å².